The van der Waals surface area contributed by atoms with E-state index in [9.17, 15) is 14.7 Å². The van der Waals surface area contributed by atoms with Gasteiger partial charge in [-0.25, -0.2) is 0 Å². The lowest BCUT2D eigenvalue weighted by atomic mass is 9.85. The van der Waals surface area contributed by atoms with Crippen molar-refractivity contribution in [2.75, 3.05) is 0 Å². The van der Waals surface area contributed by atoms with E-state index in [2.05, 4.69) is 0 Å². The number of carbonyl (C=O) groups is 2. The summed E-state index contributed by atoms with van der Waals surface area (Å²) in [5.74, 6) is -2.54. The van der Waals surface area contributed by atoms with Crippen LogP contribution in [-0.2, 0) is 9.59 Å². The minimum absolute atomic E-state index is 0.00510. The SMILES string of the molecule is O=C(O)CC(CCC(C(=O)O)c1ccccc1)c1ccccc1. The lowest BCUT2D eigenvalue weighted by Gasteiger charge is -2.19. The fourth-order valence-corrected chi connectivity index (χ4v) is 2.81. The van der Waals surface area contributed by atoms with Gasteiger partial charge in [-0.15, -0.1) is 0 Å². The molecule has 4 nitrogen and oxygen atoms in total. The molecule has 2 unspecified atom stereocenters. The zero-order valence-corrected chi connectivity index (χ0v) is 12.8. The van der Waals surface area contributed by atoms with Crippen LogP contribution < -0.4 is 0 Å². The van der Waals surface area contributed by atoms with Gasteiger partial charge in [0, 0.05) is 0 Å². The molecule has 2 atom stereocenters. The summed E-state index contributed by atoms with van der Waals surface area (Å²) in [4.78, 5) is 22.7. The Morgan fingerprint density at radius 3 is 1.78 bits per heavy atom. The van der Waals surface area contributed by atoms with Crippen molar-refractivity contribution in [3.8, 4) is 0 Å². The zero-order valence-electron chi connectivity index (χ0n) is 12.8. The van der Waals surface area contributed by atoms with Crippen molar-refractivity contribution < 1.29 is 19.8 Å². The molecule has 2 aromatic carbocycles. The summed E-state index contributed by atoms with van der Waals surface area (Å²) in [6.45, 7) is 0. The number of aliphatic carboxylic acids is 2. The third-order valence-electron chi connectivity index (χ3n) is 4.00. The molecule has 0 spiro atoms. The molecule has 4 heteroatoms. The molecule has 0 heterocycles. The van der Waals surface area contributed by atoms with Gasteiger partial charge in [-0.1, -0.05) is 60.7 Å². The first-order valence-corrected chi connectivity index (χ1v) is 7.62. The van der Waals surface area contributed by atoms with Gasteiger partial charge in [0.05, 0.1) is 12.3 Å². The van der Waals surface area contributed by atoms with Crippen molar-refractivity contribution in [1.29, 1.82) is 0 Å². The van der Waals surface area contributed by atoms with Crippen molar-refractivity contribution in [1.82, 2.24) is 0 Å². The van der Waals surface area contributed by atoms with Crippen LogP contribution in [0.2, 0.25) is 0 Å². The first kappa shape index (κ1) is 16.7. The Morgan fingerprint density at radius 1 is 0.783 bits per heavy atom. The van der Waals surface area contributed by atoms with E-state index in [4.69, 9.17) is 5.11 Å². The zero-order chi connectivity index (χ0) is 16.7. The minimum Gasteiger partial charge on any atom is -0.481 e. The highest BCUT2D eigenvalue weighted by Gasteiger charge is 2.23. The summed E-state index contributed by atoms with van der Waals surface area (Å²) >= 11 is 0. The summed E-state index contributed by atoms with van der Waals surface area (Å²) in [5.41, 5.74) is 1.69. The Balaban J connectivity index is 2.12. The van der Waals surface area contributed by atoms with E-state index in [0.29, 0.717) is 12.8 Å². The van der Waals surface area contributed by atoms with Gasteiger partial charge in [0.15, 0.2) is 0 Å². The maximum absolute atomic E-state index is 11.6. The van der Waals surface area contributed by atoms with Gasteiger partial charge in [-0.2, -0.15) is 0 Å². The van der Waals surface area contributed by atoms with Gasteiger partial charge in [-0.05, 0) is 29.9 Å². The predicted molar refractivity (Wildman–Crippen MR) is 87.5 cm³/mol. The van der Waals surface area contributed by atoms with Gasteiger partial charge in [0.2, 0.25) is 0 Å². The van der Waals surface area contributed by atoms with Crippen molar-refractivity contribution in [3.05, 3.63) is 71.8 Å². The number of carboxylic acids is 2. The van der Waals surface area contributed by atoms with Crippen LogP contribution in [0.4, 0.5) is 0 Å². The molecule has 0 fully saturated rings. The molecule has 2 rings (SSSR count). The molecule has 0 amide bonds. The summed E-state index contributed by atoms with van der Waals surface area (Å²) in [7, 11) is 0. The maximum Gasteiger partial charge on any atom is 0.310 e. The first-order chi connectivity index (χ1) is 11.1. The van der Waals surface area contributed by atoms with Crippen molar-refractivity contribution in [3.63, 3.8) is 0 Å². The molecule has 0 aromatic heterocycles. The Morgan fingerprint density at radius 2 is 1.30 bits per heavy atom. The number of benzene rings is 2. The van der Waals surface area contributed by atoms with Crippen LogP contribution >= 0.6 is 0 Å². The Bertz CT molecular complexity index is 637. The maximum atomic E-state index is 11.6. The van der Waals surface area contributed by atoms with Crippen molar-refractivity contribution in [2.45, 2.75) is 31.1 Å². The van der Waals surface area contributed by atoms with Crippen molar-refractivity contribution >= 4 is 11.9 Å². The monoisotopic (exact) mass is 312 g/mol. The third kappa shape index (κ3) is 4.95. The quantitative estimate of drug-likeness (QED) is 0.775. The molecular weight excluding hydrogens is 292 g/mol. The molecule has 0 saturated heterocycles. The molecule has 2 N–H and O–H groups in total. The Kier molecular flexibility index (Phi) is 5.92. The molecule has 0 aliphatic carbocycles. The number of hydrogen-bond acceptors (Lipinski definition) is 2. The summed E-state index contributed by atoms with van der Waals surface area (Å²) in [6.07, 6.45) is 0.930. The molecular formula is C19H20O4. The van der Waals surface area contributed by atoms with Crippen LogP contribution in [0.5, 0.6) is 0 Å². The fourth-order valence-electron chi connectivity index (χ4n) is 2.81. The lowest BCUT2D eigenvalue weighted by molar-refractivity contribution is -0.139. The summed E-state index contributed by atoms with van der Waals surface area (Å²) in [6, 6.07) is 18.5. The molecule has 0 aliphatic heterocycles. The normalized spacial score (nSPS) is 13.2. The number of carboxylic acid groups (broad SMARTS) is 2. The van der Waals surface area contributed by atoms with Gasteiger partial charge >= 0.3 is 11.9 Å². The van der Waals surface area contributed by atoms with E-state index in [1.807, 2.05) is 48.5 Å². The molecule has 0 saturated carbocycles. The van der Waals surface area contributed by atoms with Crippen LogP contribution in [-0.4, -0.2) is 22.2 Å². The smallest absolute Gasteiger partial charge is 0.310 e. The predicted octanol–water partition coefficient (Wildman–Crippen LogP) is 3.89. The lowest BCUT2D eigenvalue weighted by Crippen LogP contribution is -2.14. The van der Waals surface area contributed by atoms with E-state index in [-0.39, 0.29) is 12.3 Å². The van der Waals surface area contributed by atoms with Crippen LogP contribution in [0, 0.1) is 0 Å². The van der Waals surface area contributed by atoms with Gasteiger partial charge in [0.1, 0.15) is 0 Å². The standard InChI is InChI=1S/C19H20O4/c20-18(21)13-16(14-7-3-1-4-8-14)11-12-17(19(22)23)15-9-5-2-6-10-15/h1-10,16-17H,11-13H2,(H,20,21)(H,22,23). The average Bonchev–Trinajstić information content (AvgIpc) is 2.55. The van der Waals surface area contributed by atoms with E-state index < -0.39 is 17.9 Å². The Labute approximate surface area is 135 Å². The van der Waals surface area contributed by atoms with Crippen LogP contribution in [0.1, 0.15) is 42.2 Å². The van der Waals surface area contributed by atoms with Gasteiger partial charge in [-0.3, -0.25) is 9.59 Å². The second-order valence-corrected chi connectivity index (χ2v) is 5.58. The summed E-state index contributed by atoms with van der Waals surface area (Å²) in [5, 5.41) is 18.6. The summed E-state index contributed by atoms with van der Waals surface area (Å²) < 4.78 is 0. The number of rotatable bonds is 8. The highest BCUT2D eigenvalue weighted by atomic mass is 16.4. The second kappa shape index (κ2) is 8.13. The van der Waals surface area contributed by atoms with Crippen LogP contribution in [0.15, 0.2) is 60.7 Å². The average molecular weight is 312 g/mol. The first-order valence-electron chi connectivity index (χ1n) is 7.62. The molecule has 0 radical (unpaired) electrons. The molecule has 0 aliphatic rings. The molecule has 23 heavy (non-hydrogen) atoms. The third-order valence-corrected chi connectivity index (χ3v) is 4.00. The molecule has 0 bridgehead atoms. The topological polar surface area (TPSA) is 74.6 Å². The van der Waals surface area contributed by atoms with Gasteiger partial charge in [0.25, 0.3) is 0 Å². The molecule has 120 valence electrons. The number of hydrogen-bond donors (Lipinski definition) is 2. The van der Waals surface area contributed by atoms with Crippen molar-refractivity contribution in [2.24, 2.45) is 0 Å². The highest BCUT2D eigenvalue weighted by molar-refractivity contribution is 5.76. The van der Waals surface area contributed by atoms with E-state index >= 15 is 0 Å². The Hall–Kier alpha value is -2.62. The van der Waals surface area contributed by atoms with E-state index in [0.717, 1.165) is 11.1 Å². The molecule has 2 aromatic rings. The minimum atomic E-state index is -0.877. The highest BCUT2D eigenvalue weighted by Crippen LogP contribution is 2.30. The van der Waals surface area contributed by atoms with Gasteiger partial charge < -0.3 is 10.2 Å². The van der Waals surface area contributed by atoms with E-state index in [1.165, 1.54) is 0 Å². The van der Waals surface area contributed by atoms with Crippen LogP contribution in [0.3, 0.4) is 0 Å². The van der Waals surface area contributed by atoms with E-state index in [1.54, 1.807) is 12.1 Å². The largest absolute Gasteiger partial charge is 0.481 e. The second-order valence-electron chi connectivity index (χ2n) is 5.58. The fraction of sp³-hybridized carbons (Fsp3) is 0.263. The van der Waals surface area contributed by atoms with Crippen LogP contribution in [0.25, 0.3) is 0 Å².